The molecule has 0 radical (unpaired) electrons. The molecular weight excluding hydrogens is 251 g/mol. The number of likely N-dealkylation sites (N-methyl/N-ethyl adjacent to an activating group) is 1. The highest BCUT2D eigenvalue weighted by atomic mass is 19.1. The van der Waals surface area contributed by atoms with Gasteiger partial charge in [-0.25, -0.2) is 4.39 Å². The van der Waals surface area contributed by atoms with Crippen molar-refractivity contribution < 1.29 is 4.39 Å². The second kappa shape index (κ2) is 8.38. The molecule has 0 saturated heterocycles. The number of halogens is 1. The molecule has 1 N–H and O–H groups in total. The zero-order chi connectivity index (χ0) is 15.1. The molecule has 0 aliphatic heterocycles. The van der Waals surface area contributed by atoms with Crippen molar-refractivity contribution in [3.8, 4) is 0 Å². The van der Waals surface area contributed by atoms with Gasteiger partial charge in [-0.3, -0.25) is 0 Å². The molecule has 0 aliphatic rings. The number of rotatable bonds is 8. The summed E-state index contributed by atoms with van der Waals surface area (Å²) in [6.07, 6.45) is 2.13. The van der Waals surface area contributed by atoms with Crippen LogP contribution in [-0.2, 0) is 0 Å². The van der Waals surface area contributed by atoms with Gasteiger partial charge in [0.15, 0.2) is 0 Å². The average molecular weight is 280 g/mol. The molecule has 0 fully saturated rings. The lowest BCUT2D eigenvalue weighted by Gasteiger charge is -2.28. The van der Waals surface area contributed by atoms with E-state index >= 15 is 0 Å². The smallest absolute Gasteiger partial charge is 0.123 e. The first-order valence-electron chi connectivity index (χ1n) is 7.59. The topological polar surface area (TPSA) is 15.3 Å². The second-order valence-electron chi connectivity index (χ2n) is 6.17. The first-order chi connectivity index (χ1) is 9.43. The molecule has 2 unspecified atom stereocenters. The average Bonchev–Trinajstić information content (AvgIpc) is 2.37. The van der Waals surface area contributed by atoms with Gasteiger partial charge >= 0.3 is 0 Å². The van der Waals surface area contributed by atoms with E-state index in [-0.39, 0.29) is 11.9 Å². The van der Waals surface area contributed by atoms with Crippen molar-refractivity contribution in [3.63, 3.8) is 0 Å². The summed E-state index contributed by atoms with van der Waals surface area (Å²) < 4.78 is 13.3. The number of benzene rings is 1. The summed E-state index contributed by atoms with van der Waals surface area (Å²) in [5.74, 6) is 0.521. The number of nitrogens with one attached hydrogen (secondary N) is 1. The highest BCUT2D eigenvalue weighted by molar-refractivity contribution is 5.20. The van der Waals surface area contributed by atoms with Crippen LogP contribution in [0.25, 0.3) is 0 Å². The molecule has 2 atom stereocenters. The van der Waals surface area contributed by atoms with Crippen molar-refractivity contribution >= 4 is 0 Å². The first kappa shape index (κ1) is 17.1. The molecule has 114 valence electrons. The molecule has 0 bridgehead atoms. The van der Waals surface area contributed by atoms with Crippen LogP contribution in [0.5, 0.6) is 0 Å². The van der Waals surface area contributed by atoms with Crippen LogP contribution in [-0.4, -0.2) is 31.6 Å². The number of hydrogen-bond acceptors (Lipinski definition) is 2. The fourth-order valence-electron chi connectivity index (χ4n) is 2.52. The Morgan fingerprint density at radius 3 is 2.45 bits per heavy atom. The van der Waals surface area contributed by atoms with Crippen molar-refractivity contribution in [1.82, 2.24) is 10.2 Å². The van der Waals surface area contributed by atoms with Gasteiger partial charge in [0.2, 0.25) is 0 Å². The summed E-state index contributed by atoms with van der Waals surface area (Å²) in [6.45, 7) is 7.57. The molecule has 3 heteroatoms. The predicted molar refractivity (Wildman–Crippen MR) is 84.4 cm³/mol. The lowest BCUT2D eigenvalue weighted by atomic mass is 10.0. The van der Waals surface area contributed by atoms with E-state index in [1.807, 2.05) is 6.07 Å². The van der Waals surface area contributed by atoms with Gasteiger partial charge < -0.3 is 10.2 Å². The van der Waals surface area contributed by atoms with Crippen molar-refractivity contribution in [2.45, 2.75) is 45.7 Å². The third-order valence-corrected chi connectivity index (χ3v) is 3.73. The van der Waals surface area contributed by atoms with Crippen LogP contribution in [0, 0.1) is 11.7 Å². The standard InChI is InChI=1S/C17H29FN2/c1-6-17(14-8-7-9-15(18)11-14)19-12-16(20(4)5)10-13(2)3/h7-9,11,13,16-17,19H,6,10,12H2,1-5H3. The molecule has 2 nitrogen and oxygen atoms in total. The zero-order valence-electron chi connectivity index (χ0n) is 13.5. The van der Waals surface area contributed by atoms with Crippen LogP contribution < -0.4 is 5.32 Å². The summed E-state index contributed by atoms with van der Waals surface area (Å²) >= 11 is 0. The molecule has 0 saturated carbocycles. The SMILES string of the molecule is CCC(NCC(CC(C)C)N(C)C)c1cccc(F)c1. The van der Waals surface area contributed by atoms with Gasteiger partial charge in [0.05, 0.1) is 0 Å². The molecular formula is C17H29FN2. The lowest BCUT2D eigenvalue weighted by Crippen LogP contribution is -2.40. The Hall–Kier alpha value is -0.930. The monoisotopic (exact) mass is 280 g/mol. The van der Waals surface area contributed by atoms with Crippen molar-refractivity contribution in [3.05, 3.63) is 35.6 Å². The molecule has 1 aromatic rings. The summed E-state index contributed by atoms with van der Waals surface area (Å²) in [7, 11) is 4.25. The third kappa shape index (κ3) is 5.59. The van der Waals surface area contributed by atoms with E-state index in [0.29, 0.717) is 12.0 Å². The maximum Gasteiger partial charge on any atom is 0.123 e. The van der Waals surface area contributed by atoms with E-state index in [1.54, 1.807) is 12.1 Å². The summed E-state index contributed by atoms with van der Waals surface area (Å²) in [4.78, 5) is 2.27. The molecule has 1 aromatic carbocycles. The fourth-order valence-corrected chi connectivity index (χ4v) is 2.52. The Kier molecular flexibility index (Phi) is 7.17. The van der Waals surface area contributed by atoms with E-state index in [0.717, 1.165) is 18.5 Å². The minimum absolute atomic E-state index is 0.158. The van der Waals surface area contributed by atoms with Gasteiger partial charge in [0, 0.05) is 18.6 Å². The van der Waals surface area contributed by atoms with Gasteiger partial charge in [-0.05, 0) is 50.6 Å². The zero-order valence-corrected chi connectivity index (χ0v) is 13.5. The van der Waals surface area contributed by atoms with Gasteiger partial charge in [0.25, 0.3) is 0 Å². The Balaban J connectivity index is 2.64. The van der Waals surface area contributed by atoms with Gasteiger partial charge in [-0.15, -0.1) is 0 Å². The van der Waals surface area contributed by atoms with Crippen LogP contribution in [0.2, 0.25) is 0 Å². The molecule has 20 heavy (non-hydrogen) atoms. The minimum Gasteiger partial charge on any atom is -0.308 e. The van der Waals surface area contributed by atoms with E-state index in [4.69, 9.17) is 0 Å². The highest BCUT2D eigenvalue weighted by Gasteiger charge is 2.16. The molecule has 0 amide bonds. The van der Waals surface area contributed by atoms with Crippen LogP contribution in [0.1, 0.15) is 45.2 Å². The highest BCUT2D eigenvalue weighted by Crippen LogP contribution is 2.18. The maximum atomic E-state index is 13.3. The van der Waals surface area contributed by atoms with Crippen LogP contribution in [0.4, 0.5) is 4.39 Å². The van der Waals surface area contributed by atoms with E-state index < -0.39 is 0 Å². The number of hydrogen-bond donors (Lipinski definition) is 1. The molecule has 0 heterocycles. The number of nitrogens with zero attached hydrogens (tertiary/aromatic N) is 1. The van der Waals surface area contributed by atoms with Crippen molar-refractivity contribution in [1.29, 1.82) is 0 Å². The van der Waals surface area contributed by atoms with E-state index in [9.17, 15) is 4.39 Å². The molecule has 0 spiro atoms. The predicted octanol–water partition coefficient (Wildman–Crippen LogP) is 3.84. The lowest BCUT2D eigenvalue weighted by molar-refractivity contribution is 0.239. The minimum atomic E-state index is -0.158. The Morgan fingerprint density at radius 1 is 1.25 bits per heavy atom. The summed E-state index contributed by atoms with van der Waals surface area (Å²) in [5.41, 5.74) is 1.04. The van der Waals surface area contributed by atoms with Gasteiger partial charge in [0.1, 0.15) is 5.82 Å². The largest absolute Gasteiger partial charge is 0.308 e. The summed E-state index contributed by atoms with van der Waals surface area (Å²) in [6, 6.07) is 7.65. The maximum absolute atomic E-state index is 13.3. The van der Waals surface area contributed by atoms with Gasteiger partial charge in [-0.2, -0.15) is 0 Å². The Morgan fingerprint density at radius 2 is 1.95 bits per heavy atom. The van der Waals surface area contributed by atoms with E-state index in [2.05, 4.69) is 45.1 Å². The van der Waals surface area contributed by atoms with Crippen molar-refractivity contribution in [2.75, 3.05) is 20.6 Å². The molecule has 1 rings (SSSR count). The quantitative estimate of drug-likeness (QED) is 0.778. The van der Waals surface area contributed by atoms with Crippen molar-refractivity contribution in [2.24, 2.45) is 5.92 Å². The Bertz CT molecular complexity index is 390. The normalized spacial score (nSPS) is 14.8. The van der Waals surface area contributed by atoms with Crippen LogP contribution >= 0.6 is 0 Å². The van der Waals surface area contributed by atoms with Crippen LogP contribution in [0.15, 0.2) is 24.3 Å². The molecule has 0 aliphatic carbocycles. The first-order valence-corrected chi connectivity index (χ1v) is 7.59. The third-order valence-electron chi connectivity index (χ3n) is 3.73. The van der Waals surface area contributed by atoms with Gasteiger partial charge in [-0.1, -0.05) is 32.9 Å². The van der Waals surface area contributed by atoms with E-state index in [1.165, 1.54) is 12.5 Å². The van der Waals surface area contributed by atoms with Crippen LogP contribution in [0.3, 0.4) is 0 Å². The molecule has 0 aromatic heterocycles. The summed E-state index contributed by atoms with van der Waals surface area (Å²) in [5, 5.41) is 3.59. The second-order valence-corrected chi connectivity index (χ2v) is 6.17. The fraction of sp³-hybridized carbons (Fsp3) is 0.647. The Labute approximate surface area is 123 Å².